The number of imide groups is 1. The Balaban J connectivity index is 0.783. The number of hydrogen-bond acceptors (Lipinski definition) is 29. The van der Waals surface area contributed by atoms with E-state index in [1.165, 1.54) is 25.3 Å². The van der Waals surface area contributed by atoms with Crippen LogP contribution in [0.1, 0.15) is 223 Å². The maximum Gasteiger partial charge on any atom is 0.326 e. The number of fused-ring (bicyclic) bond motifs is 3. The zero-order chi connectivity index (χ0) is 95.0. The molecule has 0 radical (unpaired) electrons. The number of carboxylic acids is 6. The van der Waals surface area contributed by atoms with Crippen molar-refractivity contribution in [1.29, 1.82) is 0 Å². The zero-order valence-electron chi connectivity index (χ0n) is 71.3. The van der Waals surface area contributed by atoms with Crippen molar-refractivity contribution in [3.63, 3.8) is 0 Å². The number of unbranched alkanes of at least 4 members (excludes halogenated alkanes) is 2. The summed E-state index contributed by atoms with van der Waals surface area (Å²) in [6.07, 6.45) is -6.32. The lowest BCUT2D eigenvalue weighted by atomic mass is 9.71. The lowest BCUT2D eigenvalue weighted by Gasteiger charge is -2.43. The fourth-order valence-electron chi connectivity index (χ4n) is 16.5. The van der Waals surface area contributed by atoms with E-state index >= 15 is 0 Å². The molecule has 708 valence electrons. The summed E-state index contributed by atoms with van der Waals surface area (Å²) in [7, 11) is 1.29. The van der Waals surface area contributed by atoms with Crippen molar-refractivity contribution in [2.24, 2.45) is 46.2 Å². The molecular formula is C83H113N13O32S. The number of carboxylic acid groups (broad SMARTS) is 6. The standard InChI is InChI=1S/C83H113N13O32S/c1-38-39(2)127-64(30-46(38)84)128-54-33-83(125,32-45-66(54)72(112)68-67(70(45)110)69(109)44-8-7-9-53(126-3)65(44)71(68)111)56(36-97)94-95-75(115)43-17-13-41(14-18-43)35-96-59(100)31-55(79(96)119)129-37-52(73(85)113)91-78(118)49(22-27-62(105)106)90-77(117)48(21-26-61(103)104)89-76(116)47(20-25-60(101)102)88-58(99)10-5-4-6-29-86-74(114)42-15-11-40(12-16-42)34-87-57(98)24-19-50(80(120)121)92-82(124)93-51(81(122)123)23-28-63(107)108/h7-9,38-43,46-52,54-55,64,97,110,112,125H,4-6,10-37,84H2,1-3H3,(H2,85,113)(H,86,114)(H,87,98)(H,88,99)(H,89,116)(H,90,117)(H,91,118)(H,95,115)(H,101,102)(H,103,104)(H,105,106)(H,107,108)(H,120,121)(H,122,123)(H2,92,93,124)/b94-56+. The van der Waals surface area contributed by atoms with Gasteiger partial charge in [0, 0.05) is 124 Å². The molecule has 6 aliphatic rings. The lowest BCUT2D eigenvalue weighted by molar-refractivity contribution is -0.234. The molecule has 2 saturated heterocycles. The van der Waals surface area contributed by atoms with E-state index in [9.17, 15) is 137 Å². The van der Waals surface area contributed by atoms with Crippen molar-refractivity contribution in [2.45, 2.75) is 252 Å². The number of likely N-dealkylation sites (tertiary alicyclic amines) is 1. The molecule has 46 heteroatoms. The number of phenols is 2. The van der Waals surface area contributed by atoms with E-state index in [1.807, 2.05) is 12.2 Å². The van der Waals surface area contributed by atoms with E-state index in [1.54, 1.807) is 6.92 Å². The number of hydrogen-bond donors (Lipinski definition) is 21. The third-order valence-electron chi connectivity index (χ3n) is 24.2. The van der Waals surface area contributed by atoms with Crippen molar-refractivity contribution in [3.8, 4) is 17.2 Å². The summed E-state index contributed by atoms with van der Waals surface area (Å²) in [5.41, 5.74) is 10.1. The van der Waals surface area contributed by atoms with Crippen LogP contribution in [-0.2, 0) is 92.6 Å². The van der Waals surface area contributed by atoms with Crippen LogP contribution in [0.3, 0.4) is 0 Å². The van der Waals surface area contributed by atoms with Gasteiger partial charge in [-0.1, -0.05) is 25.5 Å². The first-order valence-electron chi connectivity index (χ1n) is 42.6. The molecular weight excluding hydrogens is 1720 g/mol. The van der Waals surface area contributed by atoms with E-state index in [4.69, 9.17) is 30.8 Å². The van der Waals surface area contributed by atoms with Gasteiger partial charge in [-0.25, -0.2) is 19.8 Å². The van der Waals surface area contributed by atoms with Crippen LogP contribution >= 0.6 is 11.8 Å². The van der Waals surface area contributed by atoms with Gasteiger partial charge >= 0.3 is 41.8 Å². The first-order chi connectivity index (χ1) is 61.0. The summed E-state index contributed by atoms with van der Waals surface area (Å²) in [6.45, 7) is 3.03. The highest BCUT2D eigenvalue weighted by Gasteiger charge is 2.51. The number of methoxy groups -OCH3 is 1. The van der Waals surface area contributed by atoms with Gasteiger partial charge in [0.05, 0.1) is 53.6 Å². The molecule has 2 aromatic rings. The number of primary amides is 1. The number of aliphatic hydroxyl groups excluding tert-OH is 1. The van der Waals surface area contributed by atoms with Gasteiger partial charge in [0.2, 0.25) is 64.9 Å². The molecule has 0 aromatic heterocycles. The highest BCUT2D eigenvalue weighted by Crippen LogP contribution is 2.53. The Morgan fingerprint density at radius 3 is 1.67 bits per heavy atom. The topological polar surface area (TPSA) is 730 Å². The monoisotopic (exact) mass is 1840 g/mol. The number of aliphatic carboxylic acids is 6. The maximum atomic E-state index is 14.3. The lowest BCUT2D eigenvalue weighted by Crippen LogP contribution is -2.58. The molecule has 13 atom stereocenters. The van der Waals surface area contributed by atoms with E-state index in [0.717, 1.165) is 16.7 Å². The minimum atomic E-state index is -2.28. The minimum Gasteiger partial charge on any atom is -0.507 e. The molecule has 129 heavy (non-hydrogen) atoms. The molecule has 13 unspecified atom stereocenters. The number of ether oxygens (including phenoxy) is 3. The number of hydrazone groups is 1. The minimum absolute atomic E-state index is 0.0180. The molecule has 12 amide bonds. The van der Waals surface area contributed by atoms with Crippen LogP contribution in [0.4, 0.5) is 4.79 Å². The number of nitrogens with two attached hydrogens (primary N) is 2. The molecule has 2 heterocycles. The molecule has 2 aliphatic heterocycles. The third-order valence-corrected chi connectivity index (χ3v) is 25.5. The first-order valence-corrected chi connectivity index (χ1v) is 43.6. The van der Waals surface area contributed by atoms with E-state index in [0.29, 0.717) is 51.4 Å². The van der Waals surface area contributed by atoms with Gasteiger partial charge in [0.1, 0.15) is 59.1 Å². The van der Waals surface area contributed by atoms with Crippen molar-refractivity contribution < 1.29 is 156 Å². The van der Waals surface area contributed by atoms with Crippen LogP contribution in [0.2, 0.25) is 0 Å². The predicted molar refractivity (Wildman–Crippen MR) is 447 cm³/mol. The van der Waals surface area contributed by atoms with Gasteiger partial charge in [0.15, 0.2) is 12.1 Å². The highest BCUT2D eigenvalue weighted by atomic mass is 32.2. The van der Waals surface area contributed by atoms with Crippen LogP contribution in [0.15, 0.2) is 23.3 Å². The predicted octanol–water partition coefficient (Wildman–Crippen LogP) is -0.685. The molecule has 23 N–H and O–H groups in total. The Hall–Kier alpha value is -12.0. The fourth-order valence-corrected chi connectivity index (χ4v) is 17.7. The molecule has 2 aromatic carbocycles. The Kier molecular flexibility index (Phi) is 37.6. The van der Waals surface area contributed by atoms with Crippen LogP contribution in [-0.4, -0.2) is 279 Å². The quantitative estimate of drug-likeness (QED) is 0.0109. The smallest absolute Gasteiger partial charge is 0.326 e. The van der Waals surface area contributed by atoms with Gasteiger partial charge in [-0.15, -0.1) is 11.8 Å². The Bertz CT molecular complexity index is 4600. The van der Waals surface area contributed by atoms with Crippen LogP contribution in [0.25, 0.3) is 0 Å². The number of carbonyl (C=O) groups excluding carboxylic acids is 13. The van der Waals surface area contributed by atoms with E-state index < -0.39 is 289 Å². The second-order valence-corrected chi connectivity index (χ2v) is 34.5. The van der Waals surface area contributed by atoms with Gasteiger partial charge < -0.3 is 119 Å². The largest absolute Gasteiger partial charge is 0.507 e. The summed E-state index contributed by atoms with van der Waals surface area (Å²) < 4.78 is 18.0. The van der Waals surface area contributed by atoms with Gasteiger partial charge in [-0.05, 0) is 127 Å². The zero-order valence-corrected chi connectivity index (χ0v) is 72.1. The van der Waals surface area contributed by atoms with E-state index in [-0.39, 0.29) is 129 Å². The summed E-state index contributed by atoms with van der Waals surface area (Å²) in [6, 6.07) is -7.54. The number of aromatic hydroxyl groups is 2. The summed E-state index contributed by atoms with van der Waals surface area (Å²) in [4.78, 5) is 247. The van der Waals surface area contributed by atoms with Crippen LogP contribution in [0.5, 0.6) is 17.2 Å². The van der Waals surface area contributed by atoms with E-state index in [2.05, 4.69) is 47.7 Å². The number of carbonyl (C=O) groups is 19. The number of nitrogens with zero attached hydrogens (tertiary/aromatic N) is 2. The second kappa shape index (κ2) is 47.3. The number of ketones is 2. The molecule has 0 bridgehead atoms. The van der Waals surface area contributed by atoms with Crippen molar-refractivity contribution >= 4 is 130 Å². The number of benzene rings is 2. The normalized spacial score (nSPS) is 23.3. The fraction of sp³-hybridized carbons (Fsp3) is 0.614. The maximum absolute atomic E-state index is 14.3. The Labute approximate surface area is 742 Å². The SMILES string of the molecule is COc1cccc2c1C(=O)c1c(O)c3c(c(O)c1C2=O)CC(O)(/C(CO)=N/NC(=O)C1CCC(CN2C(=O)CC(SCC(NC(=O)C(CCC(=O)O)NC(=O)C(CCC(=O)O)NC(=O)C(CCC(=O)O)NC(=O)CCCCCNC(=O)C4CCC(CNC(=O)CCC(NC(=O)NC(CCC(=O)O)C(=O)O)C(=O)O)CC4)C(N)=O)C2=O)CC1)CC3OC1CC(N)C(C)C(C)O1. The number of urea groups is 1. The van der Waals surface area contributed by atoms with Crippen molar-refractivity contribution in [1.82, 2.24) is 52.9 Å². The Morgan fingerprint density at radius 2 is 1.14 bits per heavy atom. The molecule has 2 saturated carbocycles. The average molecular weight is 1840 g/mol. The first kappa shape index (κ1) is 102. The van der Waals surface area contributed by atoms with Gasteiger partial charge in [-0.2, -0.15) is 5.10 Å². The number of phenolic OH excluding ortho intramolecular Hbond substituents is 2. The van der Waals surface area contributed by atoms with Crippen LogP contribution in [0, 0.1) is 29.6 Å². The Morgan fingerprint density at radius 1 is 0.612 bits per heavy atom. The van der Waals surface area contributed by atoms with Crippen molar-refractivity contribution in [3.05, 3.63) is 51.6 Å². The summed E-state index contributed by atoms with van der Waals surface area (Å²) in [5.74, 6) is -22.0. The molecule has 45 nitrogen and oxygen atoms in total. The number of aliphatic hydroxyl groups is 2. The molecule has 8 rings (SSSR count). The average Bonchev–Trinajstić information content (AvgIpc) is 0.915. The van der Waals surface area contributed by atoms with Gasteiger partial charge in [0.25, 0.3) is 0 Å². The second-order valence-electron chi connectivity index (χ2n) is 33.2. The summed E-state index contributed by atoms with van der Waals surface area (Å²) >= 11 is 0.770. The highest BCUT2D eigenvalue weighted by molar-refractivity contribution is 8.00. The number of thioether (sulfide) groups is 1. The molecule has 0 spiro atoms. The van der Waals surface area contributed by atoms with Crippen molar-refractivity contribution in [2.75, 3.05) is 39.1 Å². The molecule has 4 aliphatic carbocycles. The summed E-state index contributed by atoms with van der Waals surface area (Å²) in [5, 5.41) is 126. The number of nitrogens with one attached hydrogen (secondary N) is 9. The molecule has 4 fully saturated rings. The number of rotatable bonds is 48. The van der Waals surface area contributed by atoms with Crippen LogP contribution < -0.4 is 64.2 Å². The third kappa shape index (κ3) is 28.2. The number of amides is 12. The van der Waals surface area contributed by atoms with Gasteiger partial charge in [-0.3, -0.25) is 81.6 Å².